The molecule has 0 aliphatic heterocycles. The number of anilines is 1. The summed E-state index contributed by atoms with van der Waals surface area (Å²) in [6, 6.07) is 28.9. The number of hydrogen-bond donors (Lipinski definition) is 1. The Labute approximate surface area is 195 Å². The summed E-state index contributed by atoms with van der Waals surface area (Å²) in [7, 11) is 2.04. The molecule has 168 valence electrons. The molecule has 0 fully saturated rings. The maximum atomic E-state index is 12.6. The van der Waals surface area contributed by atoms with Gasteiger partial charge >= 0.3 is 0 Å². The number of para-hydroxylation sites is 1. The normalized spacial score (nSPS) is 11.0. The van der Waals surface area contributed by atoms with Crippen molar-refractivity contribution in [3.63, 3.8) is 0 Å². The lowest BCUT2D eigenvalue weighted by atomic mass is 10.0. The van der Waals surface area contributed by atoms with Crippen molar-refractivity contribution in [2.24, 2.45) is 0 Å². The van der Waals surface area contributed by atoms with E-state index in [1.807, 2.05) is 62.0 Å². The number of amides is 1. The third kappa shape index (κ3) is 5.57. The van der Waals surface area contributed by atoms with Crippen molar-refractivity contribution < 1.29 is 4.79 Å². The first-order valence-corrected chi connectivity index (χ1v) is 11.3. The van der Waals surface area contributed by atoms with Crippen LogP contribution in [0.15, 0.2) is 84.9 Å². The summed E-state index contributed by atoms with van der Waals surface area (Å²) >= 11 is 0. The predicted molar refractivity (Wildman–Crippen MR) is 134 cm³/mol. The second-order valence-corrected chi connectivity index (χ2v) is 8.39. The van der Waals surface area contributed by atoms with Crippen molar-refractivity contribution in [2.45, 2.75) is 26.8 Å². The summed E-state index contributed by atoms with van der Waals surface area (Å²) in [4.78, 5) is 14.8. The Morgan fingerprint density at radius 3 is 2.15 bits per heavy atom. The first-order chi connectivity index (χ1) is 16.0. The minimum atomic E-state index is 0.0000807. The van der Waals surface area contributed by atoms with E-state index in [1.54, 1.807) is 0 Å². The highest BCUT2D eigenvalue weighted by Crippen LogP contribution is 2.23. The van der Waals surface area contributed by atoms with Crippen LogP contribution in [0.5, 0.6) is 0 Å². The molecule has 0 atom stereocenters. The lowest BCUT2D eigenvalue weighted by Crippen LogP contribution is -2.24. The Bertz CT molecular complexity index is 1200. The average molecular weight is 439 g/mol. The van der Waals surface area contributed by atoms with E-state index in [4.69, 9.17) is 0 Å². The van der Waals surface area contributed by atoms with Crippen LogP contribution in [0, 0.1) is 13.8 Å². The van der Waals surface area contributed by atoms with Gasteiger partial charge in [0.05, 0.1) is 22.8 Å². The second kappa shape index (κ2) is 10.3. The number of aromatic nitrogens is 2. The number of nitrogens with zero attached hydrogens (tertiary/aromatic N) is 3. The Balaban J connectivity index is 1.31. The molecule has 33 heavy (non-hydrogen) atoms. The summed E-state index contributed by atoms with van der Waals surface area (Å²) in [5, 5.41) is 7.67. The summed E-state index contributed by atoms with van der Waals surface area (Å²) < 4.78 is 1.87. The number of hydrogen-bond acceptors (Lipinski definition) is 3. The molecular formula is C28H30N4O. The molecule has 1 amide bonds. The summed E-state index contributed by atoms with van der Waals surface area (Å²) in [6.45, 7) is 5.38. The Morgan fingerprint density at radius 1 is 0.879 bits per heavy atom. The molecule has 5 heteroatoms. The first-order valence-electron chi connectivity index (χ1n) is 11.3. The molecule has 1 N–H and O–H groups in total. The third-order valence-electron chi connectivity index (χ3n) is 5.79. The van der Waals surface area contributed by atoms with Gasteiger partial charge in [-0.2, -0.15) is 5.10 Å². The van der Waals surface area contributed by atoms with Crippen molar-refractivity contribution in [3.05, 3.63) is 102 Å². The number of rotatable bonds is 8. The zero-order valence-electron chi connectivity index (χ0n) is 19.5. The summed E-state index contributed by atoms with van der Waals surface area (Å²) in [6.07, 6.45) is 0.425. The van der Waals surface area contributed by atoms with Crippen LogP contribution in [0.3, 0.4) is 0 Å². The number of carbonyl (C=O) groups is 1. The van der Waals surface area contributed by atoms with E-state index in [1.165, 1.54) is 16.7 Å². The summed E-state index contributed by atoms with van der Waals surface area (Å²) in [5.41, 5.74) is 7.18. The first kappa shape index (κ1) is 22.5. The minimum absolute atomic E-state index is 0.0000807. The standard InChI is InChI=1S/C28H30N4O/c1-21-28(22(2)32(30-21)26-12-8-5-9-13-26)29-27(33)18-19-31(3)20-23-14-16-25(17-15-23)24-10-6-4-7-11-24/h4-17H,18-20H2,1-3H3,(H,29,33). The summed E-state index contributed by atoms with van der Waals surface area (Å²) in [5.74, 6) is 0.0000807. The minimum Gasteiger partial charge on any atom is -0.323 e. The van der Waals surface area contributed by atoms with Crippen LogP contribution in [-0.2, 0) is 11.3 Å². The molecule has 0 bridgehead atoms. The molecule has 4 rings (SSSR count). The van der Waals surface area contributed by atoms with Crippen LogP contribution >= 0.6 is 0 Å². The monoisotopic (exact) mass is 438 g/mol. The highest BCUT2D eigenvalue weighted by molar-refractivity contribution is 5.92. The molecule has 0 saturated carbocycles. The lowest BCUT2D eigenvalue weighted by Gasteiger charge is -2.17. The van der Waals surface area contributed by atoms with E-state index in [0.717, 1.165) is 29.3 Å². The SMILES string of the molecule is Cc1nn(-c2ccccc2)c(C)c1NC(=O)CCN(C)Cc1ccc(-c2ccccc2)cc1. The van der Waals surface area contributed by atoms with Gasteiger partial charge in [-0.25, -0.2) is 4.68 Å². The highest BCUT2D eigenvalue weighted by Gasteiger charge is 2.15. The molecule has 0 aliphatic carbocycles. The van der Waals surface area contributed by atoms with Crippen molar-refractivity contribution in [1.82, 2.24) is 14.7 Å². The molecule has 3 aromatic carbocycles. The molecule has 4 aromatic rings. The number of benzene rings is 3. The van der Waals surface area contributed by atoms with Gasteiger partial charge in [0, 0.05) is 19.5 Å². The molecule has 0 unspecified atom stereocenters. The zero-order valence-corrected chi connectivity index (χ0v) is 19.5. The van der Waals surface area contributed by atoms with Gasteiger partial charge in [0.25, 0.3) is 0 Å². The van der Waals surface area contributed by atoms with E-state index in [-0.39, 0.29) is 5.91 Å². The van der Waals surface area contributed by atoms with Crippen LogP contribution in [-0.4, -0.2) is 34.2 Å². The maximum Gasteiger partial charge on any atom is 0.225 e. The molecule has 0 saturated heterocycles. The van der Waals surface area contributed by atoms with Gasteiger partial charge < -0.3 is 10.2 Å². The van der Waals surface area contributed by atoms with Crippen molar-refractivity contribution in [2.75, 3.05) is 18.9 Å². The molecule has 0 aliphatic rings. The van der Waals surface area contributed by atoms with Crippen LogP contribution < -0.4 is 5.32 Å². The van der Waals surface area contributed by atoms with E-state index in [0.29, 0.717) is 13.0 Å². The fourth-order valence-electron chi connectivity index (χ4n) is 3.96. The zero-order chi connectivity index (χ0) is 23.2. The Hall–Kier alpha value is -3.70. The van der Waals surface area contributed by atoms with E-state index in [2.05, 4.69) is 63.8 Å². The lowest BCUT2D eigenvalue weighted by molar-refractivity contribution is -0.116. The van der Waals surface area contributed by atoms with E-state index in [9.17, 15) is 4.79 Å². The number of nitrogens with one attached hydrogen (secondary N) is 1. The molecule has 0 radical (unpaired) electrons. The molecule has 1 aromatic heterocycles. The number of carbonyl (C=O) groups excluding carboxylic acids is 1. The topological polar surface area (TPSA) is 50.2 Å². The maximum absolute atomic E-state index is 12.6. The van der Waals surface area contributed by atoms with Crippen LogP contribution in [0.25, 0.3) is 16.8 Å². The van der Waals surface area contributed by atoms with Gasteiger partial charge in [0.1, 0.15) is 0 Å². The number of aryl methyl sites for hydroxylation is 1. The van der Waals surface area contributed by atoms with Crippen LogP contribution in [0.2, 0.25) is 0 Å². The van der Waals surface area contributed by atoms with Gasteiger partial charge in [-0.3, -0.25) is 4.79 Å². The van der Waals surface area contributed by atoms with E-state index >= 15 is 0 Å². The van der Waals surface area contributed by atoms with Crippen LogP contribution in [0.4, 0.5) is 5.69 Å². The largest absolute Gasteiger partial charge is 0.323 e. The van der Waals surface area contributed by atoms with Gasteiger partial charge in [-0.1, -0.05) is 72.8 Å². The predicted octanol–water partition coefficient (Wildman–Crippen LogP) is 5.62. The fourth-order valence-corrected chi connectivity index (χ4v) is 3.96. The van der Waals surface area contributed by atoms with Crippen molar-refractivity contribution in [3.8, 4) is 16.8 Å². The fraction of sp³-hybridized carbons (Fsp3) is 0.214. The quantitative estimate of drug-likeness (QED) is 0.389. The van der Waals surface area contributed by atoms with Crippen molar-refractivity contribution in [1.29, 1.82) is 0 Å². The Morgan fingerprint density at radius 2 is 1.48 bits per heavy atom. The third-order valence-corrected chi connectivity index (χ3v) is 5.79. The smallest absolute Gasteiger partial charge is 0.225 e. The molecule has 5 nitrogen and oxygen atoms in total. The molecule has 1 heterocycles. The van der Waals surface area contributed by atoms with Gasteiger partial charge in [0.15, 0.2) is 0 Å². The van der Waals surface area contributed by atoms with Gasteiger partial charge in [-0.05, 0) is 49.7 Å². The van der Waals surface area contributed by atoms with Crippen LogP contribution in [0.1, 0.15) is 23.4 Å². The average Bonchev–Trinajstić information content (AvgIpc) is 3.12. The van der Waals surface area contributed by atoms with Gasteiger partial charge in [0.2, 0.25) is 5.91 Å². The second-order valence-electron chi connectivity index (χ2n) is 8.39. The van der Waals surface area contributed by atoms with Crippen molar-refractivity contribution >= 4 is 11.6 Å². The van der Waals surface area contributed by atoms with E-state index < -0.39 is 0 Å². The van der Waals surface area contributed by atoms with Gasteiger partial charge in [-0.15, -0.1) is 0 Å². The highest BCUT2D eigenvalue weighted by atomic mass is 16.1. The molecular weight excluding hydrogens is 408 g/mol. The Kier molecular flexibility index (Phi) is 7.01. The molecule has 0 spiro atoms.